The molecule has 0 aromatic carbocycles. The van der Waals surface area contributed by atoms with Crippen molar-refractivity contribution in [2.24, 2.45) is 5.10 Å². The van der Waals surface area contributed by atoms with Crippen LogP contribution >= 0.6 is 0 Å². The van der Waals surface area contributed by atoms with Gasteiger partial charge in [0.2, 0.25) is 5.90 Å². The summed E-state index contributed by atoms with van der Waals surface area (Å²) in [6.07, 6.45) is 0.842. The van der Waals surface area contributed by atoms with Gasteiger partial charge < -0.3 is 4.74 Å². The van der Waals surface area contributed by atoms with Gasteiger partial charge in [-0.05, 0) is 0 Å². The van der Waals surface area contributed by atoms with Gasteiger partial charge in [-0.1, -0.05) is 6.92 Å². The first-order valence-electron chi connectivity index (χ1n) is 2.99. The van der Waals surface area contributed by atoms with Crippen molar-refractivity contribution in [3.05, 3.63) is 0 Å². The minimum absolute atomic E-state index is 0.764. The van der Waals surface area contributed by atoms with Crippen LogP contribution in [0, 0.1) is 0 Å². The summed E-state index contributed by atoms with van der Waals surface area (Å²) in [7, 11) is 5.37. The highest BCUT2D eigenvalue weighted by Crippen LogP contribution is 1.87. The SMILES string of the molecule is CC/C(=N/N(C)C)OC. The second-order valence-electron chi connectivity index (χ2n) is 1.90. The van der Waals surface area contributed by atoms with Crippen LogP contribution in [0.1, 0.15) is 13.3 Å². The van der Waals surface area contributed by atoms with Crippen molar-refractivity contribution < 1.29 is 4.74 Å². The quantitative estimate of drug-likeness (QED) is 0.315. The molecule has 0 rings (SSSR count). The first kappa shape index (κ1) is 8.27. The van der Waals surface area contributed by atoms with Crippen molar-refractivity contribution in [3.63, 3.8) is 0 Å². The van der Waals surface area contributed by atoms with Crippen molar-refractivity contribution in [3.8, 4) is 0 Å². The van der Waals surface area contributed by atoms with Crippen LogP contribution in [0.2, 0.25) is 0 Å². The summed E-state index contributed by atoms with van der Waals surface area (Å²) in [6, 6.07) is 0. The fourth-order valence-electron chi connectivity index (χ4n) is 0.479. The van der Waals surface area contributed by atoms with E-state index >= 15 is 0 Å². The monoisotopic (exact) mass is 130 g/mol. The van der Waals surface area contributed by atoms with Crippen molar-refractivity contribution in [1.29, 1.82) is 0 Å². The molecule has 3 nitrogen and oxygen atoms in total. The Balaban J connectivity index is 3.75. The molecular formula is C6H14N2O. The van der Waals surface area contributed by atoms with E-state index in [2.05, 4.69) is 5.10 Å². The molecule has 0 unspecified atom stereocenters. The van der Waals surface area contributed by atoms with Crippen molar-refractivity contribution >= 4 is 5.90 Å². The van der Waals surface area contributed by atoms with Crippen LogP contribution in [-0.2, 0) is 4.74 Å². The highest BCUT2D eigenvalue weighted by molar-refractivity contribution is 5.75. The third-order valence-electron chi connectivity index (χ3n) is 0.850. The molecule has 0 aliphatic carbocycles. The number of nitrogens with zero attached hydrogens (tertiary/aromatic N) is 2. The summed E-state index contributed by atoms with van der Waals surface area (Å²) >= 11 is 0. The topological polar surface area (TPSA) is 24.8 Å². The van der Waals surface area contributed by atoms with Gasteiger partial charge in [0, 0.05) is 20.5 Å². The molecule has 0 aliphatic heterocycles. The second-order valence-corrected chi connectivity index (χ2v) is 1.90. The predicted octanol–water partition coefficient (Wildman–Crippen LogP) is 0.918. The summed E-state index contributed by atoms with van der Waals surface area (Å²) in [4.78, 5) is 0. The van der Waals surface area contributed by atoms with Gasteiger partial charge in [-0.15, -0.1) is 5.10 Å². The minimum Gasteiger partial charge on any atom is -0.483 e. The van der Waals surface area contributed by atoms with Gasteiger partial charge in [0.1, 0.15) is 0 Å². The van der Waals surface area contributed by atoms with Gasteiger partial charge in [-0.2, -0.15) is 0 Å². The van der Waals surface area contributed by atoms with Gasteiger partial charge in [-0.3, -0.25) is 5.01 Å². The average molecular weight is 130 g/mol. The molecule has 0 N–H and O–H groups in total. The summed E-state index contributed by atoms with van der Waals surface area (Å²) in [5.74, 6) is 0.764. The van der Waals surface area contributed by atoms with E-state index in [0.717, 1.165) is 12.3 Å². The molecule has 0 aromatic rings. The van der Waals surface area contributed by atoms with Crippen molar-refractivity contribution in [2.45, 2.75) is 13.3 Å². The summed E-state index contributed by atoms with van der Waals surface area (Å²) in [5, 5.41) is 5.77. The maximum absolute atomic E-state index is 4.92. The highest BCUT2D eigenvalue weighted by Gasteiger charge is 1.91. The molecule has 0 radical (unpaired) electrons. The molecule has 0 heterocycles. The molecule has 0 spiro atoms. The Labute approximate surface area is 56.3 Å². The standard InChI is InChI=1S/C6H14N2O/c1-5-6(9-4)7-8(2)3/h5H2,1-4H3/b7-6-. The lowest BCUT2D eigenvalue weighted by Crippen LogP contribution is -2.09. The number of hydrazone groups is 1. The number of hydrogen-bond donors (Lipinski definition) is 0. The van der Waals surface area contributed by atoms with E-state index in [0.29, 0.717) is 0 Å². The lowest BCUT2D eigenvalue weighted by molar-refractivity contribution is 0.352. The highest BCUT2D eigenvalue weighted by atomic mass is 16.5. The maximum atomic E-state index is 4.92. The number of rotatable bonds is 2. The Hall–Kier alpha value is -0.730. The zero-order valence-corrected chi connectivity index (χ0v) is 6.51. The van der Waals surface area contributed by atoms with E-state index < -0.39 is 0 Å². The van der Waals surface area contributed by atoms with Crippen LogP contribution in [0.15, 0.2) is 5.10 Å². The van der Waals surface area contributed by atoms with Gasteiger partial charge in [0.15, 0.2) is 0 Å². The van der Waals surface area contributed by atoms with Crippen LogP contribution in [0.25, 0.3) is 0 Å². The Morgan fingerprint density at radius 3 is 2.22 bits per heavy atom. The molecule has 3 heteroatoms. The predicted molar refractivity (Wildman–Crippen MR) is 38.4 cm³/mol. The molecular weight excluding hydrogens is 116 g/mol. The summed E-state index contributed by atoms with van der Waals surface area (Å²) in [6.45, 7) is 2.01. The lowest BCUT2D eigenvalue weighted by atomic mass is 10.5. The minimum atomic E-state index is 0.764. The van der Waals surface area contributed by atoms with E-state index in [1.165, 1.54) is 0 Å². The first-order chi connectivity index (χ1) is 4.20. The van der Waals surface area contributed by atoms with Gasteiger partial charge in [-0.25, -0.2) is 0 Å². The second kappa shape index (κ2) is 4.18. The first-order valence-corrected chi connectivity index (χ1v) is 2.99. The van der Waals surface area contributed by atoms with Crippen LogP contribution in [0.3, 0.4) is 0 Å². The largest absolute Gasteiger partial charge is 0.483 e. The molecule has 0 bridgehead atoms. The molecule has 54 valence electrons. The van der Waals surface area contributed by atoms with Crippen LogP contribution < -0.4 is 0 Å². The lowest BCUT2D eigenvalue weighted by Gasteiger charge is -2.06. The van der Waals surface area contributed by atoms with E-state index in [-0.39, 0.29) is 0 Å². The fraction of sp³-hybridized carbons (Fsp3) is 0.833. The zero-order chi connectivity index (χ0) is 7.28. The molecule has 0 fully saturated rings. The molecule has 9 heavy (non-hydrogen) atoms. The van der Waals surface area contributed by atoms with E-state index in [4.69, 9.17) is 4.74 Å². The average Bonchev–Trinajstić information content (AvgIpc) is 1.82. The van der Waals surface area contributed by atoms with Crippen LogP contribution in [0.5, 0.6) is 0 Å². The molecule has 0 aliphatic rings. The van der Waals surface area contributed by atoms with E-state index in [1.54, 1.807) is 12.1 Å². The Bertz CT molecular complexity index is 93.2. The fourth-order valence-corrected chi connectivity index (χ4v) is 0.479. The summed E-state index contributed by atoms with van der Waals surface area (Å²) in [5.41, 5.74) is 0. The Morgan fingerprint density at radius 2 is 2.11 bits per heavy atom. The Morgan fingerprint density at radius 1 is 1.56 bits per heavy atom. The number of hydrogen-bond acceptors (Lipinski definition) is 3. The van der Waals surface area contributed by atoms with Gasteiger partial charge in [0.05, 0.1) is 7.11 Å². The third-order valence-corrected chi connectivity index (χ3v) is 0.850. The maximum Gasteiger partial charge on any atom is 0.205 e. The number of ether oxygens (including phenoxy) is 1. The molecule has 0 saturated heterocycles. The van der Waals surface area contributed by atoms with E-state index in [9.17, 15) is 0 Å². The van der Waals surface area contributed by atoms with E-state index in [1.807, 2.05) is 21.0 Å². The molecule has 0 amide bonds. The van der Waals surface area contributed by atoms with Gasteiger partial charge >= 0.3 is 0 Å². The molecule has 0 saturated carbocycles. The normalized spacial score (nSPS) is 11.3. The molecule has 0 atom stereocenters. The smallest absolute Gasteiger partial charge is 0.205 e. The van der Waals surface area contributed by atoms with Crippen LogP contribution in [-0.4, -0.2) is 32.1 Å². The third kappa shape index (κ3) is 3.82. The summed E-state index contributed by atoms with van der Waals surface area (Å²) < 4.78 is 4.92. The molecule has 0 aromatic heterocycles. The number of methoxy groups -OCH3 is 1. The van der Waals surface area contributed by atoms with Crippen molar-refractivity contribution in [1.82, 2.24) is 5.01 Å². The zero-order valence-electron chi connectivity index (χ0n) is 6.51. The van der Waals surface area contributed by atoms with Crippen molar-refractivity contribution in [2.75, 3.05) is 21.2 Å². The van der Waals surface area contributed by atoms with Crippen LogP contribution in [0.4, 0.5) is 0 Å². The Kier molecular flexibility index (Phi) is 3.84. The van der Waals surface area contributed by atoms with Gasteiger partial charge in [0.25, 0.3) is 0 Å².